The maximum absolute atomic E-state index is 12.5. The van der Waals surface area contributed by atoms with Gasteiger partial charge in [-0.2, -0.15) is 0 Å². The second-order valence-corrected chi connectivity index (χ2v) is 7.97. The molecule has 3 N–H and O–H groups in total. The Labute approximate surface area is 179 Å². The summed E-state index contributed by atoms with van der Waals surface area (Å²) in [6.45, 7) is 0. The van der Waals surface area contributed by atoms with Crippen LogP contribution in [-0.4, -0.2) is 37.7 Å². The fourth-order valence-corrected chi connectivity index (χ4v) is 3.62. The normalized spacial score (nSPS) is 10.7. The quantitative estimate of drug-likeness (QED) is 0.472. The standard InChI is InChI=1S/C19H19N5O4S2/c1-27-15-7-3-13(4-8-15)22-19(29)23-14-5-9-16(10-6-14)30(25,26)24-17-11-18(28-2)21-12-20-17/h3-12H,1-2H3,(H,20,21,24)(H2,22,23,29). The van der Waals surface area contributed by atoms with Crippen molar-refractivity contribution in [2.45, 2.75) is 4.90 Å². The Morgan fingerprint density at radius 2 is 1.50 bits per heavy atom. The number of nitrogens with one attached hydrogen (secondary N) is 3. The van der Waals surface area contributed by atoms with Crippen LogP contribution in [0.4, 0.5) is 17.2 Å². The molecule has 0 radical (unpaired) electrons. The van der Waals surface area contributed by atoms with Gasteiger partial charge in [0.1, 0.15) is 17.9 Å². The second-order valence-electron chi connectivity index (χ2n) is 5.88. The molecule has 0 atom stereocenters. The van der Waals surface area contributed by atoms with Crippen molar-refractivity contribution in [1.29, 1.82) is 0 Å². The van der Waals surface area contributed by atoms with E-state index < -0.39 is 10.0 Å². The maximum Gasteiger partial charge on any atom is 0.263 e. The summed E-state index contributed by atoms with van der Waals surface area (Å²) >= 11 is 5.29. The highest BCUT2D eigenvalue weighted by Gasteiger charge is 2.15. The molecule has 3 rings (SSSR count). The van der Waals surface area contributed by atoms with Gasteiger partial charge in [-0.3, -0.25) is 4.72 Å². The van der Waals surface area contributed by atoms with Gasteiger partial charge in [0.2, 0.25) is 5.88 Å². The highest BCUT2D eigenvalue weighted by molar-refractivity contribution is 7.92. The average Bonchev–Trinajstić information content (AvgIpc) is 2.74. The molecule has 0 unspecified atom stereocenters. The molecule has 0 aliphatic heterocycles. The van der Waals surface area contributed by atoms with Crippen LogP contribution in [-0.2, 0) is 10.0 Å². The second kappa shape index (κ2) is 9.37. The molecule has 0 aliphatic rings. The Kier molecular flexibility index (Phi) is 6.65. The van der Waals surface area contributed by atoms with E-state index in [1.165, 1.54) is 31.6 Å². The zero-order valence-corrected chi connectivity index (χ0v) is 17.8. The maximum atomic E-state index is 12.5. The van der Waals surface area contributed by atoms with E-state index in [0.29, 0.717) is 10.8 Å². The molecule has 30 heavy (non-hydrogen) atoms. The lowest BCUT2D eigenvalue weighted by molar-refractivity contribution is 0.397. The Hall–Kier alpha value is -3.44. The van der Waals surface area contributed by atoms with Gasteiger partial charge in [0.25, 0.3) is 10.0 Å². The van der Waals surface area contributed by atoms with Gasteiger partial charge in [0, 0.05) is 17.4 Å². The predicted molar refractivity (Wildman–Crippen MR) is 119 cm³/mol. The number of hydrogen-bond donors (Lipinski definition) is 3. The van der Waals surface area contributed by atoms with Crippen LogP contribution in [0.2, 0.25) is 0 Å². The lowest BCUT2D eigenvalue weighted by atomic mass is 10.3. The molecule has 0 spiro atoms. The summed E-state index contributed by atoms with van der Waals surface area (Å²) < 4.78 is 37.6. The minimum Gasteiger partial charge on any atom is -0.497 e. The van der Waals surface area contributed by atoms with Gasteiger partial charge in [0.15, 0.2) is 5.11 Å². The number of hydrogen-bond acceptors (Lipinski definition) is 7. The summed E-state index contributed by atoms with van der Waals surface area (Å²) in [4.78, 5) is 7.79. The molecule has 3 aromatic rings. The first-order valence-corrected chi connectivity index (χ1v) is 10.5. The van der Waals surface area contributed by atoms with E-state index in [1.54, 1.807) is 19.2 Å². The molecule has 0 saturated carbocycles. The molecule has 1 aromatic heterocycles. The van der Waals surface area contributed by atoms with E-state index in [2.05, 4.69) is 25.3 Å². The fourth-order valence-electron chi connectivity index (χ4n) is 2.39. The number of benzene rings is 2. The lowest BCUT2D eigenvalue weighted by Gasteiger charge is -2.12. The van der Waals surface area contributed by atoms with E-state index in [0.717, 1.165) is 11.4 Å². The predicted octanol–water partition coefficient (Wildman–Crippen LogP) is 3.10. The SMILES string of the molecule is COc1ccc(NC(=S)Nc2ccc(S(=O)(=O)Nc3cc(OC)ncn3)cc2)cc1. The van der Waals surface area contributed by atoms with Crippen molar-refractivity contribution in [1.82, 2.24) is 9.97 Å². The minimum absolute atomic E-state index is 0.0691. The highest BCUT2D eigenvalue weighted by Crippen LogP contribution is 2.19. The average molecular weight is 446 g/mol. The summed E-state index contributed by atoms with van der Waals surface area (Å²) in [6, 6.07) is 14.8. The van der Waals surface area contributed by atoms with Crippen molar-refractivity contribution in [3.05, 3.63) is 60.9 Å². The Morgan fingerprint density at radius 1 is 0.900 bits per heavy atom. The van der Waals surface area contributed by atoms with E-state index in [4.69, 9.17) is 21.7 Å². The van der Waals surface area contributed by atoms with Crippen LogP contribution in [0, 0.1) is 0 Å². The van der Waals surface area contributed by atoms with Crippen molar-refractivity contribution in [2.75, 3.05) is 29.6 Å². The van der Waals surface area contributed by atoms with Crippen LogP contribution in [0.3, 0.4) is 0 Å². The lowest BCUT2D eigenvalue weighted by Crippen LogP contribution is -2.19. The third kappa shape index (κ3) is 5.55. The zero-order valence-electron chi connectivity index (χ0n) is 16.1. The van der Waals surface area contributed by atoms with Gasteiger partial charge in [-0.1, -0.05) is 0 Å². The van der Waals surface area contributed by atoms with Crippen molar-refractivity contribution in [2.24, 2.45) is 0 Å². The number of rotatable bonds is 7. The van der Waals surface area contributed by atoms with Crippen LogP contribution in [0.1, 0.15) is 0 Å². The first-order chi connectivity index (χ1) is 14.4. The topological polar surface area (TPSA) is 114 Å². The van der Waals surface area contributed by atoms with E-state index in [1.807, 2.05) is 24.3 Å². The van der Waals surface area contributed by atoms with Gasteiger partial charge in [-0.25, -0.2) is 18.4 Å². The number of aromatic nitrogens is 2. The van der Waals surface area contributed by atoms with E-state index >= 15 is 0 Å². The molecular weight excluding hydrogens is 426 g/mol. The molecule has 0 fully saturated rings. The largest absolute Gasteiger partial charge is 0.497 e. The van der Waals surface area contributed by atoms with Crippen LogP contribution < -0.4 is 24.8 Å². The number of thiocarbonyl (C=S) groups is 1. The summed E-state index contributed by atoms with van der Waals surface area (Å²) in [5.74, 6) is 1.10. The van der Waals surface area contributed by atoms with Crippen molar-refractivity contribution in [3.63, 3.8) is 0 Å². The van der Waals surface area contributed by atoms with Crippen molar-refractivity contribution < 1.29 is 17.9 Å². The zero-order chi connectivity index (χ0) is 21.6. The molecule has 1 heterocycles. The Balaban J connectivity index is 1.63. The van der Waals surface area contributed by atoms with E-state index in [-0.39, 0.29) is 16.6 Å². The van der Waals surface area contributed by atoms with Gasteiger partial charge >= 0.3 is 0 Å². The van der Waals surface area contributed by atoms with Crippen LogP contribution >= 0.6 is 12.2 Å². The van der Waals surface area contributed by atoms with Gasteiger partial charge in [0.05, 0.1) is 19.1 Å². The van der Waals surface area contributed by atoms with Crippen LogP contribution in [0.5, 0.6) is 11.6 Å². The molecule has 0 bridgehead atoms. The number of ether oxygens (including phenoxy) is 2. The van der Waals surface area contributed by atoms with Gasteiger partial charge in [-0.05, 0) is 60.7 Å². The third-order valence-electron chi connectivity index (χ3n) is 3.86. The van der Waals surface area contributed by atoms with E-state index in [9.17, 15) is 8.42 Å². The summed E-state index contributed by atoms with van der Waals surface area (Å²) in [6.07, 6.45) is 1.21. The third-order valence-corrected chi connectivity index (χ3v) is 5.44. The molecule has 0 aliphatic carbocycles. The fraction of sp³-hybridized carbons (Fsp3) is 0.105. The highest BCUT2D eigenvalue weighted by atomic mass is 32.2. The molecule has 156 valence electrons. The van der Waals surface area contributed by atoms with Crippen LogP contribution in [0.25, 0.3) is 0 Å². The first kappa shape index (κ1) is 21.3. The summed E-state index contributed by atoms with van der Waals surface area (Å²) in [5, 5.41) is 6.40. The number of sulfonamides is 1. The van der Waals surface area contributed by atoms with Crippen molar-refractivity contribution >= 4 is 44.5 Å². The molecule has 9 nitrogen and oxygen atoms in total. The van der Waals surface area contributed by atoms with Gasteiger partial charge < -0.3 is 20.1 Å². The summed E-state index contributed by atoms with van der Waals surface area (Å²) in [5.41, 5.74) is 1.42. The smallest absolute Gasteiger partial charge is 0.263 e. The molecule has 0 saturated heterocycles. The van der Waals surface area contributed by atoms with Crippen LogP contribution in [0.15, 0.2) is 65.8 Å². The number of anilines is 3. The molecule has 11 heteroatoms. The Bertz CT molecular complexity index is 1120. The number of nitrogens with zero attached hydrogens (tertiary/aromatic N) is 2. The monoisotopic (exact) mass is 445 g/mol. The van der Waals surface area contributed by atoms with Crippen molar-refractivity contribution in [3.8, 4) is 11.6 Å². The number of methoxy groups -OCH3 is 2. The van der Waals surface area contributed by atoms with Gasteiger partial charge in [-0.15, -0.1) is 0 Å². The summed E-state index contributed by atoms with van der Waals surface area (Å²) in [7, 11) is -0.796. The minimum atomic E-state index is -3.82. The molecular formula is C19H19N5O4S2. The first-order valence-electron chi connectivity index (χ1n) is 8.60. The molecule has 2 aromatic carbocycles. The Morgan fingerprint density at radius 3 is 2.07 bits per heavy atom. The molecule has 0 amide bonds.